The van der Waals surface area contributed by atoms with Gasteiger partial charge in [0, 0.05) is 23.1 Å². The van der Waals surface area contributed by atoms with Gasteiger partial charge in [0.25, 0.3) is 5.56 Å². The second kappa shape index (κ2) is 9.72. The van der Waals surface area contributed by atoms with Gasteiger partial charge in [-0.05, 0) is 45.3 Å². The number of allylic oxidation sites excluding steroid dienone is 1. The summed E-state index contributed by atoms with van der Waals surface area (Å²) in [5.41, 5.74) is 4.64. The van der Waals surface area contributed by atoms with E-state index < -0.39 is 11.2 Å². The van der Waals surface area contributed by atoms with Crippen LogP contribution in [0, 0.1) is 0 Å². The molecule has 0 atom stereocenters. The number of fused-ring (bicyclic) bond motifs is 1. The molecule has 0 aliphatic carbocycles. The van der Waals surface area contributed by atoms with Crippen molar-refractivity contribution in [2.24, 2.45) is 19.2 Å². The second-order valence-corrected chi connectivity index (χ2v) is 9.17. The molecule has 0 aliphatic heterocycles. The number of nitrogens with one attached hydrogen (secondary N) is 1. The third-order valence-electron chi connectivity index (χ3n) is 5.03. The fourth-order valence-electron chi connectivity index (χ4n) is 3.40. The Morgan fingerprint density at radius 2 is 1.85 bits per heavy atom. The van der Waals surface area contributed by atoms with E-state index in [1.807, 2.05) is 60.7 Å². The van der Waals surface area contributed by atoms with Gasteiger partial charge in [0.2, 0.25) is 5.95 Å². The van der Waals surface area contributed by atoms with Crippen LogP contribution in [0.3, 0.4) is 0 Å². The molecule has 0 unspecified atom stereocenters. The SMILES string of the molecule is Cn1c(=O)c2c(nc(N/N=C\C(Br)=C/c3ccccc3)n2Cc2cccc(Br)c2)n(C)c1=O. The Kier molecular flexibility index (Phi) is 6.75. The van der Waals surface area contributed by atoms with E-state index in [4.69, 9.17) is 0 Å². The van der Waals surface area contributed by atoms with E-state index in [0.29, 0.717) is 18.0 Å². The van der Waals surface area contributed by atoms with Crippen LogP contribution in [0.25, 0.3) is 17.2 Å². The van der Waals surface area contributed by atoms with Crippen molar-refractivity contribution in [1.82, 2.24) is 18.7 Å². The van der Waals surface area contributed by atoms with E-state index in [1.54, 1.807) is 17.8 Å². The highest BCUT2D eigenvalue weighted by Crippen LogP contribution is 2.20. The molecule has 168 valence electrons. The van der Waals surface area contributed by atoms with Gasteiger partial charge in [-0.15, -0.1) is 0 Å². The Morgan fingerprint density at radius 1 is 1.09 bits per heavy atom. The Labute approximate surface area is 206 Å². The van der Waals surface area contributed by atoms with Crippen LogP contribution in [0.4, 0.5) is 5.95 Å². The average Bonchev–Trinajstić information content (AvgIpc) is 3.15. The Morgan fingerprint density at radius 3 is 2.58 bits per heavy atom. The summed E-state index contributed by atoms with van der Waals surface area (Å²) in [5.74, 6) is 0.347. The molecule has 0 spiro atoms. The Hall–Kier alpha value is -3.24. The largest absolute Gasteiger partial charge is 0.332 e. The highest BCUT2D eigenvalue weighted by atomic mass is 79.9. The molecule has 0 saturated carbocycles. The predicted molar refractivity (Wildman–Crippen MR) is 139 cm³/mol. The molecular weight excluding hydrogens is 552 g/mol. The normalized spacial score (nSPS) is 12.1. The van der Waals surface area contributed by atoms with Gasteiger partial charge in [-0.3, -0.25) is 18.5 Å². The molecule has 8 nitrogen and oxygen atoms in total. The average molecular weight is 572 g/mol. The quantitative estimate of drug-likeness (QED) is 0.279. The van der Waals surface area contributed by atoms with Crippen molar-refractivity contribution in [3.05, 3.63) is 95.5 Å². The lowest BCUT2D eigenvalue weighted by Gasteiger charge is -2.09. The smallest absolute Gasteiger partial charge is 0.298 e. The van der Waals surface area contributed by atoms with Crippen LogP contribution in [0.5, 0.6) is 0 Å². The molecule has 0 bridgehead atoms. The molecule has 10 heteroatoms. The van der Waals surface area contributed by atoms with E-state index >= 15 is 0 Å². The minimum atomic E-state index is -0.441. The van der Waals surface area contributed by atoms with E-state index in [0.717, 1.165) is 24.6 Å². The molecule has 0 saturated heterocycles. The maximum absolute atomic E-state index is 13.0. The summed E-state index contributed by atoms with van der Waals surface area (Å²) in [5, 5.41) is 4.28. The zero-order chi connectivity index (χ0) is 23.5. The second-order valence-electron chi connectivity index (χ2n) is 7.34. The number of halogens is 2. The minimum Gasteiger partial charge on any atom is -0.298 e. The van der Waals surface area contributed by atoms with Crippen LogP contribution >= 0.6 is 31.9 Å². The summed E-state index contributed by atoms with van der Waals surface area (Å²) >= 11 is 6.97. The number of nitrogens with zero attached hydrogens (tertiary/aromatic N) is 5. The van der Waals surface area contributed by atoms with E-state index in [-0.39, 0.29) is 5.65 Å². The van der Waals surface area contributed by atoms with Gasteiger partial charge in [0.15, 0.2) is 11.2 Å². The summed E-state index contributed by atoms with van der Waals surface area (Å²) in [6.07, 6.45) is 3.53. The maximum Gasteiger partial charge on any atom is 0.332 e. The molecule has 2 aromatic carbocycles. The molecule has 2 heterocycles. The van der Waals surface area contributed by atoms with Crippen molar-refractivity contribution in [3.8, 4) is 0 Å². The lowest BCUT2D eigenvalue weighted by Crippen LogP contribution is -2.37. The molecule has 4 aromatic rings. The third kappa shape index (κ3) is 4.91. The van der Waals surface area contributed by atoms with E-state index in [9.17, 15) is 9.59 Å². The molecule has 0 radical (unpaired) electrons. The monoisotopic (exact) mass is 570 g/mol. The van der Waals surface area contributed by atoms with E-state index in [2.05, 4.69) is 47.4 Å². The summed E-state index contributed by atoms with van der Waals surface area (Å²) in [4.78, 5) is 29.9. The molecule has 33 heavy (non-hydrogen) atoms. The number of imidazole rings is 1. The number of rotatable bonds is 6. The Balaban J connectivity index is 1.76. The molecule has 2 aromatic heterocycles. The van der Waals surface area contributed by atoms with Crippen LogP contribution in [0.2, 0.25) is 0 Å². The molecule has 0 amide bonds. The van der Waals surface area contributed by atoms with Crippen LogP contribution in [-0.4, -0.2) is 24.9 Å². The van der Waals surface area contributed by atoms with Crippen molar-refractivity contribution in [2.75, 3.05) is 5.43 Å². The number of anilines is 1. The fourth-order valence-corrected chi connectivity index (χ4v) is 4.21. The van der Waals surface area contributed by atoms with Crippen LogP contribution in [0.15, 0.2) is 78.2 Å². The summed E-state index contributed by atoms with van der Waals surface area (Å²) < 4.78 is 5.83. The van der Waals surface area contributed by atoms with Gasteiger partial charge < -0.3 is 0 Å². The van der Waals surface area contributed by atoms with Crippen molar-refractivity contribution in [1.29, 1.82) is 0 Å². The lowest BCUT2D eigenvalue weighted by atomic mass is 10.2. The van der Waals surface area contributed by atoms with Crippen LogP contribution < -0.4 is 16.7 Å². The van der Waals surface area contributed by atoms with Gasteiger partial charge >= 0.3 is 5.69 Å². The number of aryl methyl sites for hydroxylation is 1. The topological polar surface area (TPSA) is 86.2 Å². The zero-order valence-corrected chi connectivity index (χ0v) is 21.0. The maximum atomic E-state index is 13.0. The number of aromatic nitrogens is 4. The number of hydrogen-bond acceptors (Lipinski definition) is 5. The van der Waals surface area contributed by atoms with Crippen molar-refractivity contribution in [2.45, 2.75) is 6.54 Å². The van der Waals surface area contributed by atoms with Crippen LogP contribution in [0.1, 0.15) is 11.1 Å². The molecule has 1 N–H and O–H groups in total. The van der Waals surface area contributed by atoms with Crippen molar-refractivity contribution in [3.63, 3.8) is 0 Å². The molecule has 4 rings (SSSR count). The molecular formula is C23H20Br2N6O2. The number of hydrogen-bond donors (Lipinski definition) is 1. The molecule has 0 fully saturated rings. The van der Waals surface area contributed by atoms with Gasteiger partial charge in [0.1, 0.15) is 0 Å². The van der Waals surface area contributed by atoms with Crippen LogP contribution in [-0.2, 0) is 20.6 Å². The minimum absolute atomic E-state index is 0.287. The number of benzene rings is 2. The van der Waals surface area contributed by atoms with Gasteiger partial charge in [-0.25, -0.2) is 10.2 Å². The standard InChI is InChI=1S/C23H20Br2N6O2/c1-29-20-19(21(32)30(2)23(29)33)31(14-16-9-6-10-17(24)12-16)22(27-20)28-26-13-18(25)11-15-7-4-3-5-8-15/h3-13H,14H2,1-2H3,(H,27,28)/b18-11+,26-13-. The zero-order valence-electron chi connectivity index (χ0n) is 17.9. The highest BCUT2D eigenvalue weighted by Gasteiger charge is 2.19. The first kappa shape index (κ1) is 22.9. The first-order valence-corrected chi connectivity index (χ1v) is 11.6. The third-order valence-corrected chi connectivity index (χ3v) is 5.96. The van der Waals surface area contributed by atoms with Gasteiger partial charge in [0.05, 0.1) is 12.8 Å². The van der Waals surface area contributed by atoms with E-state index in [1.165, 1.54) is 11.6 Å². The van der Waals surface area contributed by atoms with Crippen molar-refractivity contribution >= 4 is 61.3 Å². The first-order chi connectivity index (χ1) is 15.8. The van der Waals surface area contributed by atoms with Gasteiger partial charge in [-0.2, -0.15) is 10.1 Å². The Bertz CT molecular complexity index is 1500. The first-order valence-electron chi connectivity index (χ1n) is 9.97. The van der Waals surface area contributed by atoms with Crippen molar-refractivity contribution < 1.29 is 0 Å². The number of hydrazone groups is 1. The lowest BCUT2D eigenvalue weighted by molar-refractivity contribution is 0.702. The van der Waals surface area contributed by atoms with Gasteiger partial charge in [-0.1, -0.05) is 58.4 Å². The summed E-state index contributed by atoms with van der Waals surface area (Å²) in [7, 11) is 3.05. The summed E-state index contributed by atoms with van der Waals surface area (Å²) in [6, 6.07) is 17.6. The fraction of sp³-hybridized carbons (Fsp3) is 0.130. The molecule has 0 aliphatic rings. The predicted octanol–water partition coefficient (Wildman–Crippen LogP) is 4.08. The highest BCUT2D eigenvalue weighted by molar-refractivity contribution is 9.12. The summed E-state index contributed by atoms with van der Waals surface area (Å²) in [6.45, 7) is 0.363.